The van der Waals surface area contributed by atoms with E-state index in [4.69, 9.17) is 4.74 Å². The topological polar surface area (TPSA) is 41.5 Å². The average Bonchev–Trinajstić information content (AvgIpc) is 2.35. The van der Waals surface area contributed by atoms with Gasteiger partial charge in [0.05, 0.1) is 6.61 Å². The maximum absolute atomic E-state index is 9.56. The van der Waals surface area contributed by atoms with E-state index >= 15 is 0 Å². The van der Waals surface area contributed by atoms with Crippen LogP contribution in [0.15, 0.2) is 18.2 Å². The molecule has 3 nitrogen and oxygen atoms in total. The molecule has 1 aliphatic rings. The fourth-order valence-corrected chi connectivity index (χ4v) is 2.45. The van der Waals surface area contributed by atoms with Gasteiger partial charge >= 0.3 is 0 Å². The Labute approximate surface area is 103 Å². The molecule has 2 rings (SSSR count). The minimum atomic E-state index is 0.363. The fourth-order valence-electron chi connectivity index (χ4n) is 2.45. The Morgan fingerprint density at radius 2 is 2.35 bits per heavy atom. The molecular formula is C14H21NO2. The normalized spacial score (nSPS) is 19.0. The van der Waals surface area contributed by atoms with E-state index in [2.05, 4.69) is 5.32 Å². The van der Waals surface area contributed by atoms with Crippen molar-refractivity contribution in [2.75, 3.05) is 19.8 Å². The number of nitrogens with one attached hydrogen (secondary N) is 1. The first kappa shape index (κ1) is 12.4. The molecular weight excluding hydrogens is 214 g/mol. The molecule has 1 aromatic carbocycles. The van der Waals surface area contributed by atoms with Gasteiger partial charge in [0.15, 0.2) is 0 Å². The predicted molar refractivity (Wildman–Crippen MR) is 68.3 cm³/mol. The predicted octanol–water partition coefficient (Wildman–Crippen LogP) is 2.40. The van der Waals surface area contributed by atoms with Gasteiger partial charge < -0.3 is 15.2 Å². The third-order valence-electron chi connectivity index (χ3n) is 3.29. The molecule has 1 atom stereocenters. The number of phenolic OH excluding ortho intramolecular Hbond substituents is 1. The van der Waals surface area contributed by atoms with Crippen molar-refractivity contribution in [3.05, 3.63) is 29.3 Å². The standard InChI is InChI=1S/C14H21NO2/c1-2-17-9-8-15-14-5-3-4-11-6-7-12(16)10-13(11)14/h6-7,10,14-16H,2-5,8-9H2,1H3. The molecule has 0 fully saturated rings. The number of aryl methyl sites for hydroxylation is 1. The van der Waals surface area contributed by atoms with E-state index < -0.39 is 0 Å². The maximum atomic E-state index is 9.56. The fraction of sp³-hybridized carbons (Fsp3) is 0.571. The van der Waals surface area contributed by atoms with E-state index in [0.717, 1.165) is 32.6 Å². The zero-order chi connectivity index (χ0) is 12.1. The van der Waals surface area contributed by atoms with Crippen molar-refractivity contribution < 1.29 is 9.84 Å². The van der Waals surface area contributed by atoms with Crippen molar-refractivity contribution in [2.45, 2.75) is 32.2 Å². The molecule has 0 saturated carbocycles. The summed E-state index contributed by atoms with van der Waals surface area (Å²) in [6.07, 6.45) is 3.48. The monoisotopic (exact) mass is 235 g/mol. The molecule has 0 spiro atoms. The van der Waals surface area contributed by atoms with Crippen LogP contribution in [0.2, 0.25) is 0 Å². The highest BCUT2D eigenvalue weighted by Crippen LogP contribution is 2.31. The van der Waals surface area contributed by atoms with Gasteiger partial charge in [-0.15, -0.1) is 0 Å². The van der Waals surface area contributed by atoms with E-state index in [1.54, 1.807) is 6.07 Å². The molecule has 3 heteroatoms. The van der Waals surface area contributed by atoms with Gasteiger partial charge in [0.25, 0.3) is 0 Å². The maximum Gasteiger partial charge on any atom is 0.115 e. The average molecular weight is 235 g/mol. The van der Waals surface area contributed by atoms with Crippen LogP contribution in [0.3, 0.4) is 0 Å². The van der Waals surface area contributed by atoms with Gasteiger partial charge in [-0.2, -0.15) is 0 Å². The van der Waals surface area contributed by atoms with Crippen LogP contribution in [0, 0.1) is 0 Å². The second-order valence-electron chi connectivity index (χ2n) is 4.48. The largest absolute Gasteiger partial charge is 0.508 e. The lowest BCUT2D eigenvalue weighted by molar-refractivity contribution is 0.146. The van der Waals surface area contributed by atoms with Gasteiger partial charge in [-0.25, -0.2) is 0 Å². The van der Waals surface area contributed by atoms with Gasteiger partial charge in [-0.05, 0) is 49.4 Å². The Hall–Kier alpha value is -1.06. The van der Waals surface area contributed by atoms with Crippen LogP contribution in [0.5, 0.6) is 5.75 Å². The van der Waals surface area contributed by atoms with Crippen LogP contribution < -0.4 is 5.32 Å². The molecule has 94 valence electrons. The SMILES string of the molecule is CCOCCNC1CCCc2ccc(O)cc21. The van der Waals surface area contributed by atoms with E-state index in [9.17, 15) is 5.11 Å². The van der Waals surface area contributed by atoms with Crippen LogP contribution in [-0.4, -0.2) is 24.9 Å². The summed E-state index contributed by atoms with van der Waals surface area (Å²) in [7, 11) is 0. The molecule has 0 saturated heterocycles. The third kappa shape index (κ3) is 3.20. The number of phenols is 1. The van der Waals surface area contributed by atoms with Crippen molar-refractivity contribution in [3.63, 3.8) is 0 Å². The third-order valence-corrected chi connectivity index (χ3v) is 3.29. The van der Waals surface area contributed by atoms with Gasteiger partial charge in [0, 0.05) is 19.2 Å². The molecule has 0 aliphatic heterocycles. The smallest absolute Gasteiger partial charge is 0.115 e. The number of fused-ring (bicyclic) bond motifs is 1. The van der Waals surface area contributed by atoms with E-state index in [1.807, 2.05) is 19.1 Å². The van der Waals surface area contributed by atoms with E-state index in [1.165, 1.54) is 17.5 Å². The highest BCUT2D eigenvalue weighted by molar-refractivity contribution is 5.38. The number of hydrogen-bond acceptors (Lipinski definition) is 3. The lowest BCUT2D eigenvalue weighted by Gasteiger charge is -2.26. The molecule has 0 heterocycles. The van der Waals surface area contributed by atoms with Crippen LogP contribution in [0.1, 0.15) is 36.9 Å². The molecule has 1 aliphatic carbocycles. The highest BCUT2D eigenvalue weighted by atomic mass is 16.5. The molecule has 0 bridgehead atoms. The first-order valence-corrected chi connectivity index (χ1v) is 6.44. The summed E-state index contributed by atoms with van der Waals surface area (Å²) in [5, 5.41) is 13.1. The van der Waals surface area contributed by atoms with Crippen molar-refractivity contribution >= 4 is 0 Å². The van der Waals surface area contributed by atoms with Crippen LogP contribution in [-0.2, 0) is 11.2 Å². The van der Waals surface area contributed by atoms with Crippen molar-refractivity contribution in [1.82, 2.24) is 5.32 Å². The molecule has 0 radical (unpaired) electrons. The zero-order valence-electron chi connectivity index (χ0n) is 10.4. The summed E-state index contributed by atoms with van der Waals surface area (Å²) in [4.78, 5) is 0. The number of hydrogen-bond donors (Lipinski definition) is 2. The number of aromatic hydroxyl groups is 1. The summed E-state index contributed by atoms with van der Waals surface area (Å²) < 4.78 is 5.32. The second kappa shape index (κ2) is 6.03. The minimum Gasteiger partial charge on any atom is -0.508 e. The number of benzene rings is 1. The Kier molecular flexibility index (Phi) is 4.40. The molecule has 0 amide bonds. The number of rotatable bonds is 5. The lowest BCUT2D eigenvalue weighted by atomic mass is 9.87. The van der Waals surface area contributed by atoms with Crippen LogP contribution in [0.25, 0.3) is 0 Å². The van der Waals surface area contributed by atoms with Crippen molar-refractivity contribution in [2.24, 2.45) is 0 Å². The van der Waals surface area contributed by atoms with Gasteiger partial charge in [-0.1, -0.05) is 6.07 Å². The second-order valence-corrected chi connectivity index (χ2v) is 4.48. The van der Waals surface area contributed by atoms with Gasteiger partial charge in [0.2, 0.25) is 0 Å². The lowest BCUT2D eigenvalue weighted by Crippen LogP contribution is -2.28. The van der Waals surface area contributed by atoms with E-state index in [0.29, 0.717) is 11.8 Å². The summed E-state index contributed by atoms with van der Waals surface area (Å²) in [5.74, 6) is 0.363. The summed E-state index contributed by atoms with van der Waals surface area (Å²) in [6.45, 7) is 4.40. The zero-order valence-corrected chi connectivity index (χ0v) is 10.4. The molecule has 2 N–H and O–H groups in total. The van der Waals surface area contributed by atoms with E-state index in [-0.39, 0.29) is 0 Å². The van der Waals surface area contributed by atoms with Crippen molar-refractivity contribution in [1.29, 1.82) is 0 Å². The first-order valence-electron chi connectivity index (χ1n) is 6.44. The van der Waals surface area contributed by atoms with Crippen LogP contribution in [0.4, 0.5) is 0 Å². The Balaban J connectivity index is 1.98. The summed E-state index contributed by atoms with van der Waals surface area (Å²) in [6, 6.07) is 6.08. The van der Waals surface area contributed by atoms with Gasteiger partial charge in [0.1, 0.15) is 5.75 Å². The van der Waals surface area contributed by atoms with Gasteiger partial charge in [-0.3, -0.25) is 0 Å². The first-order chi connectivity index (χ1) is 8.31. The number of ether oxygens (including phenoxy) is 1. The summed E-state index contributed by atoms with van der Waals surface area (Å²) >= 11 is 0. The molecule has 1 unspecified atom stereocenters. The summed E-state index contributed by atoms with van der Waals surface area (Å²) in [5.41, 5.74) is 2.62. The Morgan fingerprint density at radius 1 is 1.47 bits per heavy atom. The van der Waals surface area contributed by atoms with Crippen LogP contribution >= 0.6 is 0 Å². The Bertz CT molecular complexity index is 365. The quantitative estimate of drug-likeness (QED) is 0.770. The highest BCUT2D eigenvalue weighted by Gasteiger charge is 2.19. The molecule has 17 heavy (non-hydrogen) atoms. The Morgan fingerprint density at radius 3 is 3.18 bits per heavy atom. The molecule has 1 aromatic rings. The van der Waals surface area contributed by atoms with Crippen molar-refractivity contribution in [3.8, 4) is 5.75 Å². The minimum absolute atomic E-state index is 0.363. The molecule has 0 aromatic heterocycles.